The standard InChI is InChI=1S/C16H27N3/c1-5-6-17-10-14-8-13(3)18-16(9-14)19(4)11-15-7-12(15)2/h8-9,12,15,17H,5-7,10-11H2,1-4H3. The van der Waals surface area contributed by atoms with Crippen LogP contribution in [0.15, 0.2) is 12.1 Å². The zero-order chi connectivity index (χ0) is 13.8. The van der Waals surface area contributed by atoms with Crippen molar-refractivity contribution in [1.82, 2.24) is 10.3 Å². The maximum Gasteiger partial charge on any atom is 0.128 e. The minimum absolute atomic E-state index is 0.869. The number of aryl methyl sites for hydroxylation is 1. The van der Waals surface area contributed by atoms with E-state index in [9.17, 15) is 0 Å². The van der Waals surface area contributed by atoms with Gasteiger partial charge >= 0.3 is 0 Å². The number of rotatable bonds is 7. The van der Waals surface area contributed by atoms with Crippen molar-refractivity contribution in [3.8, 4) is 0 Å². The Morgan fingerprint density at radius 1 is 1.42 bits per heavy atom. The topological polar surface area (TPSA) is 28.2 Å². The van der Waals surface area contributed by atoms with Crippen LogP contribution in [0, 0.1) is 18.8 Å². The molecule has 1 saturated carbocycles. The molecule has 1 aromatic rings. The van der Waals surface area contributed by atoms with Gasteiger partial charge in [0.1, 0.15) is 5.82 Å². The molecule has 0 amide bonds. The molecule has 1 aliphatic rings. The number of anilines is 1. The van der Waals surface area contributed by atoms with Gasteiger partial charge in [-0.3, -0.25) is 0 Å². The third kappa shape index (κ3) is 4.20. The van der Waals surface area contributed by atoms with E-state index in [0.717, 1.165) is 43.0 Å². The Morgan fingerprint density at radius 3 is 2.79 bits per heavy atom. The van der Waals surface area contributed by atoms with Crippen molar-refractivity contribution in [3.05, 3.63) is 23.4 Å². The average Bonchev–Trinajstić information content (AvgIpc) is 3.04. The molecule has 1 aliphatic carbocycles. The van der Waals surface area contributed by atoms with Gasteiger partial charge in [-0.25, -0.2) is 4.98 Å². The van der Waals surface area contributed by atoms with Gasteiger partial charge in [0.2, 0.25) is 0 Å². The third-order valence-electron chi connectivity index (χ3n) is 3.93. The predicted octanol–water partition coefficient (Wildman–Crippen LogP) is 2.98. The van der Waals surface area contributed by atoms with Gasteiger partial charge < -0.3 is 10.2 Å². The van der Waals surface area contributed by atoms with Crippen LogP contribution < -0.4 is 10.2 Å². The molecule has 0 spiro atoms. The fourth-order valence-corrected chi connectivity index (χ4v) is 2.53. The minimum Gasteiger partial charge on any atom is -0.359 e. The highest BCUT2D eigenvalue weighted by atomic mass is 15.2. The largest absolute Gasteiger partial charge is 0.359 e. The molecule has 3 nitrogen and oxygen atoms in total. The van der Waals surface area contributed by atoms with Gasteiger partial charge in [-0.2, -0.15) is 0 Å². The predicted molar refractivity (Wildman–Crippen MR) is 81.5 cm³/mol. The molecule has 1 N–H and O–H groups in total. The van der Waals surface area contributed by atoms with Crippen LogP contribution >= 0.6 is 0 Å². The average molecular weight is 261 g/mol. The molecule has 2 unspecified atom stereocenters. The molecule has 1 fully saturated rings. The summed E-state index contributed by atoms with van der Waals surface area (Å²) in [6.45, 7) is 9.77. The van der Waals surface area contributed by atoms with E-state index in [0.29, 0.717) is 0 Å². The molecule has 0 saturated heterocycles. The Bertz CT molecular complexity index is 416. The molecule has 106 valence electrons. The molecule has 19 heavy (non-hydrogen) atoms. The maximum absolute atomic E-state index is 4.67. The second kappa shape index (κ2) is 6.38. The van der Waals surface area contributed by atoms with E-state index in [1.807, 2.05) is 0 Å². The highest BCUT2D eigenvalue weighted by Crippen LogP contribution is 2.38. The Kier molecular flexibility index (Phi) is 4.81. The third-order valence-corrected chi connectivity index (χ3v) is 3.93. The fourth-order valence-electron chi connectivity index (χ4n) is 2.53. The van der Waals surface area contributed by atoms with E-state index in [4.69, 9.17) is 0 Å². The molecule has 0 aliphatic heterocycles. The van der Waals surface area contributed by atoms with Crippen molar-refractivity contribution in [2.75, 3.05) is 25.0 Å². The summed E-state index contributed by atoms with van der Waals surface area (Å²) in [5.74, 6) is 2.89. The SMILES string of the molecule is CCCNCc1cc(C)nc(N(C)CC2CC2C)c1. The van der Waals surface area contributed by atoms with Crippen LogP contribution in [0.5, 0.6) is 0 Å². The lowest BCUT2D eigenvalue weighted by Gasteiger charge is -2.19. The molecule has 0 bridgehead atoms. The first-order chi connectivity index (χ1) is 9.10. The van der Waals surface area contributed by atoms with Gasteiger partial charge in [0.25, 0.3) is 0 Å². The molecular formula is C16H27N3. The van der Waals surface area contributed by atoms with E-state index < -0.39 is 0 Å². The van der Waals surface area contributed by atoms with Gasteiger partial charge in [0, 0.05) is 25.8 Å². The van der Waals surface area contributed by atoms with Gasteiger partial charge in [0.15, 0.2) is 0 Å². The zero-order valence-corrected chi connectivity index (χ0v) is 12.7. The van der Waals surface area contributed by atoms with Gasteiger partial charge in [-0.1, -0.05) is 13.8 Å². The molecule has 2 atom stereocenters. The number of hydrogen-bond acceptors (Lipinski definition) is 3. The van der Waals surface area contributed by atoms with Crippen LogP contribution in [0.4, 0.5) is 5.82 Å². The van der Waals surface area contributed by atoms with Gasteiger partial charge in [-0.15, -0.1) is 0 Å². The molecule has 3 heteroatoms. The van der Waals surface area contributed by atoms with Crippen molar-refractivity contribution < 1.29 is 0 Å². The van der Waals surface area contributed by atoms with Crippen LogP contribution in [0.2, 0.25) is 0 Å². The summed E-state index contributed by atoms with van der Waals surface area (Å²) in [7, 11) is 2.16. The quantitative estimate of drug-likeness (QED) is 0.765. The van der Waals surface area contributed by atoms with Crippen LogP contribution in [-0.2, 0) is 6.54 Å². The Labute approximate surface area is 117 Å². The van der Waals surface area contributed by atoms with Crippen molar-refractivity contribution in [2.45, 2.75) is 40.2 Å². The Hall–Kier alpha value is -1.09. The number of aromatic nitrogens is 1. The highest BCUT2D eigenvalue weighted by Gasteiger charge is 2.33. The summed E-state index contributed by atoms with van der Waals surface area (Å²) in [4.78, 5) is 6.98. The van der Waals surface area contributed by atoms with Crippen molar-refractivity contribution in [1.29, 1.82) is 0 Å². The lowest BCUT2D eigenvalue weighted by Crippen LogP contribution is -2.22. The van der Waals surface area contributed by atoms with Crippen LogP contribution in [0.3, 0.4) is 0 Å². The van der Waals surface area contributed by atoms with Crippen LogP contribution in [0.1, 0.15) is 37.9 Å². The number of hydrogen-bond donors (Lipinski definition) is 1. The second-order valence-electron chi connectivity index (χ2n) is 6.01. The van der Waals surface area contributed by atoms with Crippen molar-refractivity contribution in [2.24, 2.45) is 11.8 Å². The first kappa shape index (κ1) is 14.3. The molecule has 2 rings (SSSR count). The van der Waals surface area contributed by atoms with E-state index in [1.54, 1.807) is 0 Å². The van der Waals surface area contributed by atoms with Crippen LogP contribution in [0.25, 0.3) is 0 Å². The monoisotopic (exact) mass is 261 g/mol. The molecule has 0 radical (unpaired) electrons. The van der Waals surface area contributed by atoms with E-state index >= 15 is 0 Å². The second-order valence-corrected chi connectivity index (χ2v) is 6.01. The Balaban J connectivity index is 1.98. The summed E-state index contributed by atoms with van der Waals surface area (Å²) >= 11 is 0. The van der Waals surface area contributed by atoms with Crippen molar-refractivity contribution in [3.63, 3.8) is 0 Å². The van der Waals surface area contributed by atoms with Gasteiger partial charge in [-0.05, 0) is 55.8 Å². The normalized spacial score (nSPS) is 21.5. The Morgan fingerprint density at radius 2 is 2.16 bits per heavy atom. The molecule has 1 heterocycles. The summed E-state index contributed by atoms with van der Waals surface area (Å²) < 4.78 is 0. The zero-order valence-electron chi connectivity index (χ0n) is 12.7. The molecule has 0 aromatic carbocycles. The highest BCUT2D eigenvalue weighted by molar-refractivity contribution is 5.42. The number of pyridine rings is 1. The van der Waals surface area contributed by atoms with E-state index in [-0.39, 0.29) is 0 Å². The fraction of sp³-hybridized carbons (Fsp3) is 0.688. The first-order valence-electron chi connectivity index (χ1n) is 7.49. The summed E-state index contributed by atoms with van der Waals surface area (Å²) in [5.41, 5.74) is 2.45. The molecular weight excluding hydrogens is 234 g/mol. The molecule has 1 aromatic heterocycles. The smallest absolute Gasteiger partial charge is 0.128 e. The van der Waals surface area contributed by atoms with Crippen molar-refractivity contribution >= 4 is 5.82 Å². The summed E-state index contributed by atoms with van der Waals surface area (Å²) in [5, 5.41) is 3.46. The lowest BCUT2D eigenvalue weighted by molar-refractivity contribution is 0.673. The van der Waals surface area contributed by atoms with Crippen LogP contribution in [-0.4, -0.2) is 25.1 Å². The summed E-state index contributed by atoms with van der Waals surface area (Å²) in [6.07, 6.45) is 2.55. The van der Waals surface area contributed by atoms with E-state index in [2.05, 4.69) is 55.2 Å². The number of nitrogens with zero attached hydrogens (tertiary/aromatic N) is 2. The van der Waals surface area contributed by atoms with Gasteiger partial charge in [0.05, 0.1) is 0 Å². The first-order valence-corrected chi connectivity index (χ1v) is 7.49. The van der Waals surface area contributed by atoms with E-state index in [1.165, 1.54) is 18.4 Å². The lowest BCUT2D eigenvalue weighted by atomic mass is 10.2. The summed E-state index contributed by atoms with van der Waals surface area (Å²) in [6, 6.07) is 4.41. The maximum atomic E-state index is 4.67. The minimum atomic E-state index is 0.869. The number of nitrogens with one attached hydrogen (secondary N) is 1.